The molecule has 1 heterocycles. The zero-order chi connectivity index (χ0) is 18.4. The van der Waals surface area contributed by atoms with E-state index in [1.165, 1.54) is 22.3 Å². The van der Waals surface area contributed by atoms with Crippen molar-refractivity contribution in [3.63, 3.8) is 0 Å². The van der Waals surface area contributed by atoms with E-state index in [-0.39, 0.29) is 24.2 Å². The number of benzene rings is 2. The molecule has 4 heteroatoms. The molecule has 0 radical (unpaired) electrons. The molecule has 1 N–H and O–H groups in total. The molecule has 27 heavy (non-hydrogen) atoms. The van der Waals surface area contributed by atoms with E-state index in [0.717, 1.165) is 32.2 Å². The van der Waals surface area contributed by atoms with Gasteiger partial charge in [-0.05, 0) is 53.9 Å². The van der Waals surface area contributed by atoms with E-state index >= 15 is 0 Å². The number of likely N-dealkylation sites (tertiary alicyclic amines) is 1. The number of fused-ring (bicyclic) bond motifs is 4. The van der Waals surface area contributed by atoms with Crippen molar-refractivity contribution in [2.45, 2.75) is 43.7 Å². The Hall–Kier alpha value is -2.33. The second-order valence-electron chi connectivity index (χ2n) is 8.08. The number of nitrogens with zero attached hydrogens (tertiary/aromatic N) is 1. The molecule has 1 aliphatic heterocycles. The van der Waals surface area contributed by atoms with Gasteiger partial charge in [-0.3, -0.25) is 0 Å². The highest BCUT2D eigenvalue weighted by Gasteiger charge is 2.41. The number of rotatable bonds is 2. The molecule has 1 saturated carbocycles. The molecule has 5 rings (SSSR count). The Bertz CT molecular complexity index is 819. The Morgan fingerprint density at radius 3 is 2.37 bits per heavy atom. The molecule has 4 nitrogen and oxygen atoms in total. The van der Waals surface area contributed by atoms with Crippen LogP contribution in [0.4, 0.5) is 4.79 Å². The summed E-state index contributed by atoms with van der Waals surface area (Å²) in [5, 5.41) is 9.88. The van der Waals surface area contributed by atoms with E-state index in [1.54, 1.807) is 0 Å². The van der Waals surface area contributed by atoms with E-state index in [4.69, 9.17) is 4.74 Å². The smallest absolute Gasteiger partial charge is 0.410 e. The zero-order valence-corrected chi connectivity index (χ0v) is 15.4. The lowest BCUT2D eigenvalue weighted by Crippen LogP contribution is -2.42. The third-order valence-corrected chi connectivity index (χ3v) is 6.63. The summed E-state index contributed by atoms with van der Waals surface area (Å²) in [6.45, 7) is 1.13. The number of ether oxygens (including phenoxy) is 1. The van der Waals surface area contributed by atoms with Crippen molar-refractivity contribution in [2.24, 2.45) is 5.92 Å². The number of hydrogen-bond donors (Lipinski definition) is 1. The molecule has 3 unspecified atom stereocenters. The molecule has 0 bridgehead atoms. The van der Waals surface area contributed by atoms with E-state index in [2.05, 4.69) is 48.5 Å². The molecular formula is C23H25NO3. The van der Waals surface area contributed by atoms with Crippen LogP contribution < -0.4 is 0 Å². The van der Waals surface area contributed by atoms with Crippen LogP contribution in [0.5, 0.6) is 0 Å². The summed E-state index contributed by atoms with van der Waals surface area (Å²) >= 11 is 0. The van der Waals surface area contributed by atoms with Crippen molar-refractivity contribution in [3.05, 3.63) is 59.7 Å². The molecule has 1 saturated heterocycles. The SMILES string of the molecule is O=C(OCC1c2ccccc2-c2ccccc21)N1CCC2CC(O)CCC21. The van der Waals surface area contributed by atoms with Gasteiger partial charge in [0, 0.05) is 18.5 Å². The van der Waals surface area contributed by atoms with Crippen molar-refractivity contribution in [1.29, 1.82) is 0 Å². The van der Waals surface area contributed by atoms with Gasteiger partial charge in [0.15, 0.2) is 0 Å². The second kappa shape index (κ2) is 6.68. The average molecular weight is 363 g/mol. The first-order valence-corrected chi connectivity index (χ1v) is 10.0. The van der Waals surface area contributed by atoms with Crippen LogP contribution in [0.15, 0.2) is 48.5 Å². The van der Waals surface area contributed by atoms with Crippen molar-refractivity contribution < 1.29 is 14.6 Å². The first-order valence-electron chi connectivity index (χ1n) is 10.0. The molecule has 140 valence electrons. The lowest BCUT2D eigenvalue weighted by Gasteiger charge is -2.33. The standard InChI is InChI=1S/C23H25NO3/c25-16-9-10-22-15(13-16)11-12-24(22)23(26)27-14-21-19-7-3-1-5-17(19)18-6-2-4-8-20(18)21/h1-8,15-16,21-22,25H,9-14H2. The predicted molar refractivity (Wildman–Crippen MR) is 104 cm³/mol. The van der Waals surface area contributed by atoms with Crippen molar-refractivity contribution in [1.82, 2.24) is 4.90 Å². The molecule has 0 aromatic heterocycles. The van der Waals surface area contributed by atoms with Gasteiger partial charge in [-0.1, -0.05) is 48.5 Å². The topological polar surface area (TPSA) is 49.8 Å². The maximum atomic E-state index is 12.8. The molecule has 3 aliphatic rings. The van der Waals surface area contributed by atoms with Gasteiger partial charge < -0.3 is 14.7 Å². The zero-order valence-electron chi connectivity index (χ0n) is 15.4. The third-order valence-electron chi connectivity index (χ3n) is 6.63. The lowest BCUT2D eigenvalue weighted by atomic mass is 9.83. The minimum Gasteiger partial charge on any atom is -0.448 e. The molecule has 0 spiro atoms. The summed E-state index contributed by atoms with van der Waals surface area (Å²) < 4.78 is 5.82. The average Bonchev–Trinajstić information content (AvgIpc) is 3.25. The van der Waals surface area contributed by atoms with Crippen molar-refractivity contribution in [2.75, 3.05) is 13.2 Å². The van der Waals surface area contributed by atoms with Gasteiger partial charge in [-0.2, -0.15) is 0 Å². The van der Waals surface area contributed by atoms with Crippen LogP contribution in [0.2, 0.25) is 0 Å². The van der Waals surface area contributed by atoms with E-state index in [0.29, 0.717) is 12.5 Å². The monoisotopic (exact) mass is 363 g/mol. The van der Waals surface area contributed by atoms with Crippen LogP contribution in [0, 0.1) is 5.92 Å². The molecule has 2 fully saturated rings. The van der Waals surface area contributed by atoms with Gasteiger partial charge in [-0.15, -0.1) is 0 Å². The Balaban J connectivity index is 1.31. The van der Waals surface area contributed by atoms with Crippen LogP contribution >= 0.6 is 0 Å². The highest BCUT2D eigenvalue weighted by atomic mass is 16.6. The summed E-state index contributed by atoms with van der Waals surface area (Å²) in [5.41, 5.74) is 4.98. The number of hydrogen-bond acceptors (Lipinski definition) is 3. The number of aliphatic hydroxyl groups is 1. The number of carbonyl (C=O) groups excluding carboxylic acids is 1. The predicted octanol–water partition coefficient (Wildman–Crippen LogP) is 4.17. The summed E-state index contributed by atoms with van der Waals surface area (Å²) in [5.74, 6) is 0.530. The maximum absolute atomic E-state index is 12.8. The molecule has 2 aromatic carbocycles. The maximum Gasteiger partial charge on any atom is 0.410 e. The van der Waals surface area contributed by atoms with Gasteiger partial charge >= 0.3 is 6.09 Å². The van der Waals surface area contributed by atoms with E-state index in [1.807, 2.05) is 4.90 Å². The van der Waals surface area contributed by atoms with Gasteiger partial charge in [-0.25, -0.2) is 4.79 Å². The van der Waals surface area contributed by atoms with Crippen molar-refractivity contribution in [3.8, 4) is 11.1 Å². The molecule has 2 aromatic rings. The minimum atomic E-state index is -0.200. The second-order valence-corrected chi connectivity index (χ2v) is 8.08. The summed E-state index contributed by atoms with van der Waals surface area (Å²) in [6.07, 6.45) is 3.07. The first kappa shape index (κ1) is 16.8. The Morgan fingerprint density at radius 1 is 1.00 bits per heavy atom. The van der Waals surface area contributed by atoms with Crippen LogP contribution in [-0.4, -0.2) is 41.4 Å². The van der Waals surface area contributed by atoms with Crippen LogP contribution in [0.25, 0.3) is 11.1 Å². The largest absolute Gasteiger partial charge is 0.448 e. The van der Waals surface area contributed by atoms with Gasteiger partial charge in [0.2, 0.25) is 0 Å². The lowest BCUT2D eigenvalue weighted by molar-refractivity contribution is 0.0543. The molecule has 2 aliphatic carbocycles. The molecular weight excluding hydrogens is 338 g/mol. The highest BCUT2D eigenvalue weighted by molar-refractivity contribution is 5.79. The first-order chi connectivity index (χ1) is 13.2. The fourth-order valence-corrected chi connectivity index (χ4v) is 5.32. The summed E-state index contributed by atoms with van der Waals surface area (Å²) in [7, 11) is 0. The Labute approximate surface area is 159 Å². The fraction of sp³-hybridized carbons (Fsp3) is 0.435. The van der Waals surface area contributed by atoms with Crippen molar-refractivity contribution >= 4 is 6.09 Å². The van der Waals surface area contributed by atoms with Crippen LogP contribution in [0.3, 0.4) is 0 Å². The third kappa shape index (κ3) is 2.83. The molecule has 3 atom stereocenters. The van der Waals surface area contributed by atoms with Gasteiger partial charge in [0.1, 0.15) is 6.61 Å². The highest BCUT2D eigenvalue weighted by Crippen LogP contribution is 2.44. The van der Waals surface area contributed by atoms with E-state index < -0.39 is 0 Å². The summed E-state index contributed by atoms with van der Waals surface area (Å²) in [4.78, 5) is 14.7. The van der Waals surface area contributed by atoms with Crippen LogP contribution in [0.1, 0.15) is 42.7 Å². The Kier molecular flexibility index (Phi) is 4.16. The normalized spacial score (nSPS) is 26.4. The van der Waals surface area contributed by atoms with E-state index in [9.17, 15) is 9.90 Å². The van der Waals surface area contributed by atoms with Crippen LogP contribution in [-0.2, 0) is 4.74 Å². The fourth-order valence-electron chi connectivity index (χ4n) is 5.32. The number of amides is 1. The molecule has 1 amide bonds. The van der Waals surface area contributed by atoms with Gasteiger partial charge in [0.25, 0.3) is 0 Å². The number of aliphatic hydroxyl groups excluding tert-OH is 1. The number of carbonyl (C=O) groups is 1. The summed E-state index contributed by atoms with van der Waals surface area (Å²) in [6, 6.07) is 17.0. The Morgan fingerprint density at radius 2 is 1.67 bits per heavy atom. The minimum absolute atomic E-state index is 0.105. The van der Waals surface area contributed by atoms with Gasteiger partial charge in [0.05, 0.1) is 6.10 Å². The quantitative estimate of drug-likeness (QED) is 0.871.